The van der Waals surface area contributed by atoms with E-state index in [-0.39, 0.29) is 11.8 Å². The lowest BCUT2D eigenvalue weighted by Gasteiger charge is -2.55. The maximum absolute atomic E-state index is 14.1. The van der Waals surface area contributed by atoms with Gasteiger partial charge in [-0.1, -0.05) is 66.7 Å². The molecule has 2 bridgehead atoms. The van der Waals surface area contributed by atoms with Crippen molar-refractivity contribution in [1.82, 2.24) is 4.90 Å². The van der Waals surface area contributed by atoms with Gasteiger partial charge in [-0.2, -0.15) is 0 Å². The molecule has 2 amide bonds. The smallest absolute Gasteiger partial charge is 0.245 e. The SMILES string of the molecule is CC12CN3c4ccccc4C1(C(=O)N(Cc1ccccc1)C2=O)c1ccccc13. The summed E-state index contributed by atoms with van der Waals surface area (Å²) in [7, 11) is 0. The van der Waals surface area contributed by atoms with E-state index in [2.05, 4.69) is 17.0 Å². The van der Waals surface area contributed by atoms with Gasteiger partial charge in [0.25, 0.3) is 0 Å². The number of imide groups is 1. The highest BCUT2D eigenvalue weighted by atomic mass is 16.2. The molecule has 4 aliphatic heterocycles. The molecule has 4 heteroatoms. The number of para-hydroxylation sites is 2. The topological polar surface area (TPSA) is 40.6 Å². The predicted octanol–water partition coefficient (Wildman–Crippen LogP) is 4.01. The number of hydrogen-bond donors (Lipinski definition) is 0. The number of rotatable bonds is 2. The molecule has 0 aliphatic carbocycles. The number of anilines is 2. The van der Waals surface area contributed by atoms with Crippen molar-refractivity contribution in [2.24, 2.45) is 5.41 Å². The fourth-order valence-electron chi connectivity index (χ4n) is 5.72. The number of carbonyl (C=O) groups is 2. The molecule has 1 fully saturated rings. The van der Waals surface area contributed by atoms with E-state index in [4.69, 9.17) is 0 Å². The molecule has 7 rings (SSSR count). The van der Waals surface area contributed by atoms with Crippen LogP contribution < -0.4 is 4.90 Å². The molecule has 4 aliphatic rings. The maximum Gasteiger partial charge on any atom is 0.245 e. The summed E-state index contributed by atoms with van der Waals surface area (Å²) >= 11 is 0. The van der Waals surface area contributed by atoms with Gasteiger partial charge < -0.3 is 4.90 Å². The molecule has 1 unspecified atom stereocenters. The minimum Gasteiger partial charge on any atom is -0.340 e. The highest BCUT2D eigenvalue weighted by Crippen LogP contribution is 2.65. The van der Waals surface area contributed by atoms with Gasteiger partial charge >= 0.3 is 0 Å². The molecular formula is C25H20N2O2. The molecule has 1 atom stereocenters. The molecular weight excluding hydrogens is 360 g/mol. The van der Waals surface area contributed by atoms with Crippen LogP contribution in [-0.2, 0) is 21.5 Å². The van der Waals surface area contributed by atoms with Crippen molar-refractivity contribution in [3.05, 3.63) is 95.6 Å². The third-order valence-corrected chi connectivity index (χ3v) is 6.97. The van der Waals surface area contributed by atoms with Crippen LogP contribution in [0.3, 0.4) is 0 Å². The van der Waals surface area contributed by atoms with Gasteiger partial charge in [-0.15, -0.1) is 0 Å². The number of carbonyl (C=O) groups excluding carboxylic acids is 2. The Hall–Kier alpha value is -3.40. The van der Waals surface area contributed by atoms with E-state index in [0.717, 1.165) is 28.1 Å². The molecule has 1 saturated heterocycles. The number of nitrogens with zero attached hydrogens (tertiary/aromatic N) is 2. The first-order valence-corrected chi connectivity index (χ1v) is 9.96. The van der Waals surface area contributed by atoms with Crippen LogP contribution >= 0.6 is 0 Å². The molecule has 142 valence electrons. The third-order valence-electron chi connectivity index (χ3n) is 6.97. The lowest BCUT2D eigenvalue weighted by Crippen LogP contribution is -2.60. The second-order valence-electron chi connectivity index (χ2n) is 8.38. The lowest BCUT2D eigenvalue weighted by molar-refractivity contribution is -0.141. The van der Waals surface area contributed by atoms with Gasteiger partial charge in [0, 0.05) is 17.9 Å². The van der Waals surface area contributed by atoms with E-state index in [1.807, 2.05) is 73.7 Å². The van der Waals surface area contributed by atoms with Crippen LogP contribution in [0.15, 0.2) is 78.9 Å². The first-order chi connectivity index (χ1) is 14.1. The molecule has 3 aromatic rings. The second-order valence-corrected chi connectivity index (χ2v) is 8.38. The number of likely N-dealkylation sites (tertiary alicyclic amines) is 1. The first kappa shape index (κ1) is 16.5. The average Bonchev–Trinajstić information content (AvgIpc) is 2.93. The van der Waals surface area contributed by atoms with Gasteiger partial charge in [0.15, 0.2) is 0 Å². The van der Waals surface area contributed by atoms with Crippen LogP contribution in [0, 0.1) is 5.41 Å². The molecule has 4 nitrogen and oxygen atoms in total. The Morgan fingerprint density at radius 2 is 1.31 bits per heavy atom. The van der Waals surface area contributed by atoms with Gasteiger partial charge in [0.1, 0.15) is 5.41 Å². The van der Waals surface area contributed by atoms with E-state index >= 15 is 0 Å². The predicted molar refractivity (Wildman–Crippen MR) is 111 cm³/mol. The van der Waals surface area contributed by atoms with Gasteiger partial charge in [0.05, 0.1) is 12.0 Å². The molecule has 4 heterocycles. The van der Waals surface area contributed by atoms with Crippen molar-refractivity contribution < 1.29 is 9.59 Å². The minimum atomic E-state index is -0.971. The van der Waals surface area contributed by atoms with Crippen LogP contribution in [0.25, 0.3) is 0 Å². The van der Waals surface area contributed by atoms with E-state index in [0.29, 0.717) is 13.1 Å². The Morgan fingerprint density at radius 1 is 0.759 bits per heavy atom. The largest absolute Gasteiger partial charge is 0.340 e. The van der Waals surface area contributed by atoms with Crippen molar-refractivity contribution in [2.75, 3.05) is 11.4 Å². The summed E-state index contributed by atoms with van der Waals surface area (Å²) in [5, 5.41) is 0. The van der Waals surface area contributed by atoms with E-state index < -0.39 is 10.8 Å². The van der Waals surface area contributed by atoms with Gasteiger partial charge in [-0.3, -0.25) is 14.5 Å². The summed E-state index contributed by atoms with van der Waals surface area (Å²) < 4.78 is 0. The fourth-order valence-corrected chi connectivity index (χ4v) is 5.72. The third kappa shape index (κ3) is 1.76. The van der Waals surface area contributed by atoms with Crippen molar-refractivity contribution in [2.45, 2.75) is 18.9 Å². The lowest BCUT2D eigenvalue weighted by atomic mass is 9.53. The van der Waals surface area contributed by atoms with Crippen molar-refractivity contribution in [1.29, 1.82) is 0 Å². The summed E-state index contributed by atoms with van der Waals surface area (Å²) in [5.74, 6) is -0.187. The second kappa shape index (κ2) is 5.35. The van der Waals surface area contributed by atoms with Gasteiger partial charge in [-0.05, 0) is 35.7 Å². The maximum atomic E-state index is 14.1. The van der Waals surface area contributed by atoms with Crippen LogP contribution in [0.2, 0.25) is 0 Å². The Kier molecular flexibility index (Phi) is 3.05. The average molecular weight is 380 g/mol. The molecule has 1 spiro atoms. The zero-order chi connectivity index (χ0) is 19.8. The minimum absolute atomic E-state index is 0.0830. The van der Waals surface area contributed by atoms with E-state index in [9.17, 15) is 9.59 Å². The van der Waals surface area contributed by atoms with Gasteiger partial charge in [0.2, 0.25) is 11.8 Å². The van der Waals surface area contributed by atoms with Crippen molar-refractivity contribution in [3.63, 3.8) is 0 Å². The highest BCUT2D eigenvalue weighted by Gasteiger charge is 2.73. The Balaban J connectivity index is 1.63. The standard InChI is InChI=1S/C25H20N2O2/c1-24-16-27-20-13-7-5-11-18(20)25(24,19-12-6-8-14-21(19)27)23(29)26(22(24)28)15-17-9-3-2-4-10-17/h2-14H,15-16H2,1H3. The van der Waals surface area contributed by atoms with Crippen LogP contribution in [-0.4, -0.2) is 23.3 Å². The first-order valence-electron chi connectivity index (χ1n) is 9.96. The zero-order valence-electron chi connectivity index (χ0n) is 16.1. The van der Waals surface area contributed by atoms with Gasteiger partial charge in [-0.25, -0.2) is 0 Å². The number of hydrogen-bond acceptors (Lipinski definition) is 3. The van der Waals surface area contributed by atoms with E-state index in [1.165, 1.54) is 4.90 Å². The fraction of sp³-hybridized carbons (Fsp3) is 0.200. The monoisotopic (exact) mass is 380 g/mol. The number of amides is 2. The Labute approximate surface area is 169 Å². The van der Waals surface area contributed by atoms with Crippen molar-refractivity contribution in [3.8, 4) is 0 Å². The van der Waals surface area contributed by atoms with Crippen LogP contribution in [0.4, 0.5) is 11.4 Å². The summed E-state index contributed by atoms with van der Waals surface area (Å²) in [4.78, 5) is 31.6. The summed E-state index contributed by atoms with van der Waals surface area (Å²) in [5.41, 5.74) is 3.12. The molecule has 29 heavy (non-hydrogen) atoms. The Bertz CT molecular complexity index is 1140. The number of benzene rings is 3. The Morgan fingerprint density at radius 3 is 1.93 bits per heavy atom. The van der Waals surface area contributed by atoms with Crippen molar-refractivity contribution >= 4 is 23.2 Å². The van der Waals surface area contributed by atoms with Crippen LogP contribution in [0.5, 0.6) is 0 Å². The highest BCUT2D eigenvalue weighted by molar-refractivity contribution is 6.18. The summed E-state index contributed by atoms with van der Waals surface area (Å²) in [6.07, 6.45) is 0. The summed E-state index contributed by atoms with van der Waals surface area (Å²) in [6.45, 7) is 2.79. The normalized spacial score (nSPS) is 26.4. The molecule has 0 N–H and O–H groups in total. The molecule has 3 aromatic carbocycles. The molecule has 0 aromatic heterocycles. The molecule has 0 saturated carbocycles. The quantitative estimate of drug-likeness (QED) is 0.631. The van der Waals surface area contributed by atoms with Crippen LogP contribution in [0.1, 0.15) is 23.6 Å². The van der Waals surface area contributed by atoms with E-state index in [1.54, 1.807) is 0 Å². The zero-order valence-corrected chi connectivity index (χ0v) is 16.1. The molecule has 0 radical (unpaired) electrons. The summed E-state index contributed by atoms with van der Waals surface area (Å²) in [6, 6.07) is 25.8.